The average Bonchev–Trinajstić information content (AvgIpc) is 3.56. The quantitative estimate of drug-likeness (QED) is 0.275. The predicted octanol–water partition coefficient (Wildman–Crippen LogP) is 5.35. The van der Waals surface area contributed by atoms with E-state index in [1.807, 2.05) is 7.05 Å². The summed E-state index contributed by atoms with van der Waals surface area (Å²) in [6, 6.07) is 18.2. The zero-order valence-electron chi connectivity index (χ0n) is 27.8. The highest BCUT2D eigenvalue weighted by Crippen LogP contribution is 2.37. The van der Waals surface area contributed by atoms with Crippen molar-refractivity contribution in [3.63, 3.8) is 0 Å². The first kappa shape index (κ1) is 31.5. The molecule has 1 atom stereocenters. The van der Waals surface area contributed by atoms with Crippen LogP contribution in [0.15, 0.2) is 54.9 Å². The summed E-state index contributed by atoms with van der Waals surface area (Å²) in [6.45, 7) is 3.89. The molecule has 0 amide bonds. The second-order valence-electron chi connectivity index (χ2n) is 13.6. The van der Waals surface area contributed by atoms with Crippen molar-refractivity contribution in [1.29, 1.82) is 0 Å². The van der Waals surface area contributed by atoms with Crippen molar-refractivity contribution in [3.05, 3.63) is 77.1 Å². The molecule has 0 unspecified atom stereocenters. The molecule has 4 aliphatic rings. The topological polar surface area (TPSA) is 122 Å². The van der Waals surface area contributed by atoms with Gasteiger partial charge in [0.25, 0.3) is 0 Å². The summed E-state index contributed by atoms with van der Waals surface area (Å²) >= 11 is 0. The fourth-order valence-corrected chi connectivity index (χ4v) is 7.68. The number of benzene rings is 2. The lowest BCUT2D eigenvalue weighted by molar-refractivity contribution is 0.446. The highest BCUT2D eigenvalue weighted by Gasteiger charge is 2.30. The fraction of sp³-hybridized carbons (Fsp3) is 0.474. The van der Waals surface area contributed by atoms with E-state index in [9.17, 15) is 0 Å². The molecule has 47 heavy (non-hydrogen) atoms. The number of nitrogens with two attached hydrogens (primary N) is 2. The van der Waals surface area contributed by atoms with E-state index in [0.717, 1.165) is 81.3 Å². The molecule has 5 N–H and O–H groups in total. The maximum atomic E-state index is 6.11. The Kier molecular flexibility index (Phi) is 9.63. The summed E-state index contributed by atoms with van der Waals surface area (Å²) in [5, 5.41) is 3.33. The van der Waals surface area contributed by atoms with Gasteiger partial charge in [0, 0.05) is 60.5 Å². The monoisotopic (exact) mass is 631 g/mol. The number of likely N-dealkylation sites (N-methyl/N-ethyl adjacent to an activating group) is 1. The van der Waals surface area contributed by atoms with E-state index >= 15 is 0 Å². The molecule has 2 aromatic heterocycles. The summed E-state index contributed by atoms with van der Waals surface area (Å²) in [4.78, 5) is 23.3. The van der Waals surface area contributed by atoms with Crippen LogP contribution in [0.2, 0.25) is 0 Å². The van der Waals surface area contributed by atoms with Crippen LogP contribution in [0.1, 0.15) is 67.2 Å². The summed E-state index contributed by atoms with van der Waals surface area (Å²) < 4.78 is 0. The first-order valence-corrected chi connectivity index (χ1v) is 17.7. The molecule has 0 saturated carbocycles. The van der Waals surface area contributed by atoms with Gasteiger partial charge in [-0.25, -0.2) is 15.0 Å². The number of nitrogen functional groups attached to an aromatic ring is 1. The second kappa shape index (κ2) is 14.4. The zero-order valence-corrected chi connectivity index (χ0v) is 27.8. The van der Waals surface area contributed by atoms with E-state index < -0.39 is 0 Å². The van der Waals surface area contributed by atoms with Gasteiger partial charge in [-0.15, -0.1) is 0 Å². The van der Waals surface area contributed by atoms with Gasteiger partial charge in [-0.05, 0) is 76.0 Å². The molecule has 9 heteroatoms. The molecule has 8 rings (SSSR count). The van der Waals surface area contributed by atoms with Gasteiger partial charge in [0.15, 0.2) is 0 Å². The lowest BCUT2D eigenvalue weighted by Crippen LogP contribution is -2.57. The smallest absolute Gasteiger partial charge is 0.222 e. The number of rotatable bonds is 3. The van der Waals surface area contributed by atoms with Crippen molar-refractivity contribution in [3.8, 4) is 22.5 Å². The Labute approximate surface area is 279 Å². The predicted molar refractivity (Wildman–Crippen MR) is 192 cm³/mol. The van der Waals surface area contributed by atoms with Crippen LogP contribution < -0.4 is 26.6 Å². The van der Waals surface area contributed by atoms with E-state index in [1.165, 1.54) is 71.9 Å². The molecule has 2 fully saturated rings. The first-order valence-electron chi connectivity index (χ1n) is 17.7. The van der Waals surface area contributed by atoms with Crippen LogP contribution in [-0.4, -0.2) is 65.2 Å². The molecular weight excluding hydrogens is 582 g/mol. The maximum absolute atomic E-state index is 6.11. The van der Waals surface area contributed by atoms with Crippen LogP contribution in [0.25, 0.3) is 22.5 Å². The van der Waals surface area contributed by atoms with E-state index in [4.69, 9.17) is 11.5 Å². The fourth-order valence-electron chi connectivity index (χ4n) is 7.68. The van der Waals surface area contributed by atoms with Gasteiger partial charge >= 0.3 is 0 Å². The van der Waals surface area contributed by atoms with Crippen molar-refractivity contribution in [2.75, 3.05) is 48.8 Å². The van der Waals surface area contributed by atoms with Crippen molar-refractivity contribution in [2.45, 2.75) is 82.7 Å². The minimum Gasteiger partial charge on any atom is -0.368 e. The molecule has 2 saturated heterocycles. The molecule has 9 nitrogen and oxygen atoms in total. The maximum Gasteiger partial charge on any atom is 0.222 e. The van der Waals surface area contributed by atoms with E-state index in [2.05, 4.69) is 83.6 Å². The van der Waals surface area contributed by atoms with Crippen LogP contribution in [-0.2, 0) is 25.7 Å². The first-order chi connectivity index (χ1) is 23.1. The van der Waals surface area contributed by atoms with E-state index in [0.29, 0.717) is 12.0 Å². The number of anilines is 3. The van der Waals surface area contributed by atoms with Gasteiger partial charge in [0.2, 0.25) is 5.95 Å². The third-order valence-electron chi connectivity index (χ3n) is 10.3. The zero-order chi connectivity index (χ0) is 32.2. The van der Waals surface area contributed by atoms with Crippen LogP contribution in [0.4, 0.5) is 17.6 Å². The molecular formula is C38H49N9. The number of nitrogens with zero attached hydrogens (tertiary/aromatic N) is 6. The average molecular weight is 632 g/mol. The molecule has 4 heterocycles. The molecule has 246 valence electrons. The Morgan fingerprint density at radius 2 is 1.30 bits per heavy atom. The number of hydrogen-bond acceptors (Lipinski definition) is 9. The Hall–Kier alpha value is -4.08. The Morgan fingerprint density at radius 3 is 1.94 bits per heavy atom. The number of aromatic nitrogens is 4. The van der Waals surface area contributed by atoms with Gasteiger partial charge in [0.05, 0.1) is 11.4 Å². The Bertz CT molecular complexity index is 1680. The molecule has 2 aliphatic carbocycles. The highest BCUT2D eigenvalue weighted by molar-refractivity contribution is 5.74. The minimum atomic E-state index is 0.268. The van der Waals surface area contributed by atoms with E-state index in [-0.39, 0.29) is 6.04 Å². The van der Waals surface area contributed by atoms with Crippen LogP contribution in [0.5, 0.6) is 0 Å². The number of nitrogens with one attached hydrogen (secondary N) is 1. The van der Waals surface area contributed by atoms with Crippen LogP contribution in [0.3, 0.4) is 0 Å². The third kappa shape index (κ3) is 6.83. The lowest BCUT2D eigenvalue weighted by atomic mass is 9.97. The molecule has 0 spiro atoms. The van der Waals surface area contributed by atoms with E-state index in [1.54, 1.807) is 6.33 Å². The van der Waals surface area contributed by atoms with Crippen LogP contribution >= 0.6 is 0 Å². The summed E-state index contributed by atoms with van der Waals surface area (Å²) in [7, 11) is 2.02. The lowest BCUT2D eigenvalue weighted by Gasteiger charge is -2.41. The second-order valence-corrected chi connectivity index (χ2v) is 13.6. The molecule has 0 bridgehead atoms. The molecule has 2 aromatic carbocycles. The summed E-state index contributed by atoms with van der Waals surface area (Å²) in [5.41, 5.74) is 22.3. The SMILES string of the molecule is CNC1CN(c2nc(N)nc3c2CCCCCc2ccccc2-3)C1.N[C@H]1CCN(c2ncnc3c2CCCCCc2ccccc2-3)C1. The molecule has 0 radical (unpaired) electrons. The number of aryl methyl sites for hydroxylation is 2. The standard InChI is InChI=1S/C19H25N5.C19H24N4/c1-21-14-11-24(12-14)18-16-10-4-2-3-7-13-8-5-6-9-15(13)17(16)22-19(20)23-18;20-15-10-11-23(12-15)19-17-9-3-1-2-6-14-7-4-5-8-16(14)18(17)21-13-22-19/h5-6,8-9,14,21H,2-4,7,10-12H2,1H3,(H2,20,22,23);4-5,7-8,13,15H,1-3,6,9-12,20H2/t;15-/m.0/s1. The Morgan fingerprint density at radius 1 is 0.681 bits per heavy atom. The minimum absolute atomic E-state index is 0.268. The van der Waals surface area contributed by atoms with Crippen molar-refractivity contribution < 1.29 is 0 Å². The van der Waals surface area contributed by atoms with Crippen LogP contribution in [0, 0.1) is 0 Å². The molecule has 4 aromatic rings. The van der Waals surface area contributed by atoms with Gasteiger partial charge in [0.1, 0.15) is 18.0 Å². The van der Waals surface area contributed by atoms with Gasteiger partial charge in [-0.3, -0.25) is 0 Å². The molecule has 2 aliphatic heterocycles. The summed E-state index contributed by atoms with van der Waals surface area (Å²) in [5.74, 6) is 2.53. The van der Waals surface area contributed by atoms with Crippen molar-refractivity contribution in [1.82, 2.24) is 25.3 Å². The van der Waals surface area contributed by atoms with Gasteiger partial charge < -0.3 is 26.6 Å². The highest BCUT2D eigenvalue weighted by atomic mass is 15.3. The Balaban J connectivity index is 0.000000150. The largest absolute Gasteiger partial charge is 0.368 e. The third-order valence-corrected chi connectivity index (χ3v) is 10.3. The summed E-state index contributed by atoms with van der Waals surface area (Å²) in [6.07, 6.45) is 14.5. The van der Waals surface area contributed by atoms with Crippen molar-refractivity contribution >= 4 is 17.6 Å². The number of hydrogen-bond donors (Lipinski definition) is 3. The number of fused-ring (bicyclic) bond motifs is 6. The van der Waals surface area contributed by atoms with Gasteiger partial charge in [-0.1, -0.05) is 61.4 Å². The normalized spacial score (nSPS) is 19.5. The van der Waals surface area contributed by atoms with Crippen molar-refractivity contribution in [2.24, 2.45) is 5.73 Å². The van der Waals surface area contributed by atoms with Gasteiger partial charge in [-0.2, -0.15) is 4.98 Å².